The Kier molecular flexibility index (Phi) is 4.30. The summed E-state index contributed by atoms with van der Waals surface area (Å²) in [5.74, 6) is 0.271. The van der Waals surface area contributed by atoms with Gasteiger partial charge in [-0.3, -0.25) is 4.79 Å². The molecule has 1 aromatic rings. The number of hydrogen-bond donors (Lipinski definition) is 1. The number of benzene rings is 1. The van der Waals surface area contributed by atoms with E-state index in [1.165, 1.54) is 11.1 Å². The number of aryl methyl sites for hydroxylation is 1. The standard InChI is InChI=1S/C14H20N2OS/c1-10-4-6-12(7-5-10)14-16(9-8-15-3)13(17)11(2)18-14/h4-7,11,14-15H,8-9H2,1-3H3/p+1/t11-,14-/m0/s1. The number of nitrogens with zero attached hydrogens (tertiary/aromatic N) is 1. The van der Waals surface area contributed by atoms with Crippen molar-refractivity contribution in [1.82, 2.24) is 4.90 Å². The summed E-state index contributed by atoms with van der Waals surface area (Å²) >= 11 is 1.75. The highest BCUT2D eigenvalue weighted by atomic mass is 32.2. The molecule has 2 atom stereocenters. The second-order valence-electron chi connectivity index (χ2n) is 4.77. The second-order valence-corrected chi connectivity index (χ2v) is 6.20. The molecule has 18 heavy (non-hydrogen) atoms. The fraction of sp³-hybridized carbons (Fsp3) is 0.500. The summed E-state index contributed by atoms with van der Waals surface area (Å²) in [5, 5.41) is 2.38. The molecular formula is C14H21N2OS+. The average molecular weight is 265 g/mol. The van der Waals surface area contributed by atoms with E-state index in [0.717, 1.165) is 13.1 Å². The summed E-state index contributed by atoms with van der Waals surface area (Å²) in [6.07, 6.45) is 0. The van der Waals surface area contributed by atoms with E-state index in [9.17, 15) is 4.79 Å². The molecule has 1 aromatic carbocycles. The monoisotopic (exact) mass is 265 g/mol. The van der Waals surface area contributed by atoms with Gasteiger partial charge in [-0.05, 0) is 19.4 Å². The molecule has 1 aliphatic heterocycles. The highest BCUT2D eigenvalue weighted by Crippen LogP contribution is 2.42. The molecule has 0 aromatic heterocycles. The third-order valence-corrected chi connectivity index (χ3v) is 4.66. The van der Waals surface area contributed by atoms with Gasteiger partial charge in [0.2, 0.25) is 5.91 Å². The predicted molar refractivity (Wildman–Crippen MR) is 75.4 cm³/mol. The molecule has 0 spiro atoms. The third kappa shape index (κ3) is 2.70. The van der Waals surface area contributed by atoms with Crippen LogP contribution in [0.2, 0.25) is 0 Å². The Labute approximate surface area is 113 Å². The van der Waals surface area contributed by atoms with Crippen LogP contribution in [0.4, 0.5) is 0 Å². The molecule has 1 saturated heterocycles. The van der Waals surface area contributed by atoms with Gasteiger partial charge in [-0.15, -0.1) is 11.8 Å². The Bertz CT molecular complexity index is 418. The van der Waals surface area contributed by atoms with Crippen LogP contribution in [0, 0.1) is 6.92 Å². The van der Waals surface area contributed by atoms with Gasteiger partial charge in [0.25, 0.3) is 0 Å². The first-order valence-corrected chi connectivity index (χ1v) is 7.38. The fourth-order valence-corrected chi connectivity index (χ4v) is 3.47. The molecule has 1 aliphatic rings. The van der Waals surface area contributed by atoms with Gasteiger partial charge in [-0.2, -0.15) is 0 Å². The van der Waals surface area contributed by atoms with Gasteiger partial charge >= 0.3 is 0 Å². The zero-order chi connectivity index (χ0) is 13.1. The molecule has 0 aliphatic carbocycles. The largest absolute Gasteiger partial charge is 0.347 e. The Balaban J connectivity index is 2.19. The normalized spacial score (nSPS) is 23.7. The maximum Gasteiger partial charge on any atom is 0.236 e. The van der Waals surface area contributed by atoms with Crippen LogP contribution in [-0.2, 0) is 4.79 Å². The molecule has 2 rings (SSSR count). The Morgan fingerprint density at radius 3 is 2.61 bits per heavy atom. The van der Waals surface area contributed by atoms with Gasteiger partial charge in [0.05, 0.1) is 25.4 Å². The minimum absolute atomic E-state index is 0.0770. The van der Waals surface area contributed by atoms with Crippen molar-refractivity contribution in [2.24, 2.45) is 0 Å². The van der Waals surface area contributed by atoms with Crippen molar-refractivity contribution in [2.75, 3.05) is 20.1 Å². The highest BCUT2D eigenvalue weighted by Gasteiger charge is 2.38. The molecule has 2 N–H and O–H groups in total. The fourth-order valence-electron chi connectivity index (χ4n) is 2.16. The number of carbonyl (C=O) groups excluding carboxylic acids is 1. The summed E-state index contributed by atoms with van der Waals surface area (Å²) in [6.45, 7) is 5.87. The first kappa shape index (κ1) is 13.4. The summed E-state index contributed by atoms with van der Waals surface area (Å²) < 4.78 is 0. The zero-order valence-corrected chi connectivity index (χ0v) is 12.0. The van der Waals surface area contributed by atoms with Crippen molar-refractivity contribution < 1.29 is 10.1 Å². The first-order valence-electron chi connectivity index (χ1n) is 6.44. The predicted octanol–water partition coefficient (Wildman–Crippen LogP) is 1.15. The molecule has 0 saturated carbocycles. The van der Waals surface area contributed by atoms with E-state index in [4.69, 9.17) is 0 Å². The minimum Gasteiger partial charge on any atom is -0.347 e. The number of rotatable bonds is 4. The molecule has 3 nitrogen and oxygen atoms in total. The number of amides is 1. The Morgan fingerprint density at radius 1 is 1.33 bits per heavy atom. The quantitative estimate of drug-likeness (QED) is 0.887. The van der Waals surface area contributed by atoms with E-state index in [0.29, 0.717) is 0 Å². The summed E-state index contributed by atoms with van der Waals surface area (Å²) in [6, 6.07) is 8.52. The van der Waals surface area contributed by atoms with Crippen LogP contribution in [0.5, 0.6) is 0 Å². The number of thioether (sulfide) groups is 1. The summed E-state index contributed by atoms with van der Waals surface area (Å²) in [7, 11) is 2.04. The van der Waals surface area contributed by atoms with Crippen LogP contribution in [0.25, 0.3) is 0 Å². The van der Waals surface area contributed by atoms with E-state index in [1.54, 1.807) is 11.8 Å². The van der Waals surface area contributed by atoms with Crippen molar-refractivity contribution in [2.45, 2.75) is 24.5 Å². The second kappa shape index (κ2) is 5.76. The summed E-state index contributed by atoms with van der Waals surface area (Å²) in [4.78, 5) is 14.2. The van der Waals surface area contributed by atoms with Crippen molar-refractivity contribution in [3.63, 3.8) is 0 Å². The molecule has 98 valence electrons. The zero-order valence-electron chi connectivity index (χ0n) is 11.2. The SMILES string of the molecule is C[NH2+]CCN1C(=O)[C@H](C)S[C@H]1c1ccc(C)cc1. The number of likely N-dealkylation sites (N-methyl/N-ethyl adjacent to an activating group) is 1. The van der Waals surface area contributed by atoms with Gasteiger partial charge in [0, 0.05) is 0 Å². The van der Waals surface area contributed by atoms with Crippen LogP contribution < -0.4 is 5.32 Å². The molecule has 0 unspecified atom stereocenters. The maximum absolute atomic E-state index is 12.2. The van der Waals surface area contributed by atoms with Crippen LogP contribution in [0.1, 0.15) is 23.4 Å². The Hall–Kier alpha value is -1.00. The van der Waals surface area contributed by atoms with Gasteiger partial charge in [-0.1, -0.05) is 29.8 Å². The number of hydrogen-bond acceptors (Lipinski definition) is 2. The van der Waals surface area contributed by atoms with Crippen molar-refractivity contribution >= 4 is 17.7 Å². The molecule has 4 heteroatoms. The van der Waals surface area contributed by atoms with E-state index in [2.05, 4.69) is 36.5 Å². The molecule has 1 amide bonds. The molecule has 0 bridgehead atoms. The summed E-state index contributed by atoms with van der Waals surface area (Å²) in [5.41, 5.74) is 2.49. The van der Waals surface area contributed by atoms with Gasteiger partial charge in [0.15, 0.2) is 0 Å². The maximum atomic E-state index is 12.2. The topological polar surface area (TPSA) is 36.9 Å². The van der Waals surface area contributed by atoms with Gasteiger partial charge < -0.3 is 10.2 Å². The minimum atomic E-state index is 0.0770. The Morgan fingerprint density at radius 2 is 2.00 bits per heavy atom. The van der Waals surface area contributed by atoms with E-state index >= 15 is 0 Å². The number of quaternary nitrogens is 1. The lowest BCUT2D eigenvalue weighted by molar-refractivity contribution is -0.626. The molecule has 0 radical (unpaired) electrons. The lowest BCUT2D eigenvalue weighted by Gasteiger charge is -2.23. The average Bonchev–Trinajstić information content (AvgIpc) is 2.64. The van der Waals surface area contributed by atoms with Crippen molar-refractivity contribution in [1.29, 1.82) is 0 Å². The number of carbonyl (C=O) groups is 1. The van der Waals surface area contributed by atoms with Crippen LogP contribution in [-0.4, -0.2) is 36.2 Å². The van der Waals surface area contributed by atoms with Crippen molar-refractivity contribution in [3.05, 3.63) is 35.4 Å². The van der Waals surface area contributed by atoms with Crippen LogP contribution in [0.15, 0.2) is 24.3 Å². The van der Waals surface area contributed by atoms with E-state index < -0.39 is 0 Å². The van der Waals surface area contributed by atoms with E-state index in [1.807, 2.05) is 18.9 Å². The molecule has 1 heterocycles. The van der Waals surface area contributed by atoms with Crippen LogP contribution in [0.3, 0.4) is 0 Å². The molecule has 1 fully saturated rings. The van der Waals surface area contributed by atoms with Gasteiger partial charge in [-0.25, -0.2) is 0 Å². The number of nitrogens with two attached hydrogens (primary N) is 1. The highest BCUT2D eigenvalue weighted by molar-refractivity contribution is 8.01. The van der Waals surface area contributed by atoms with Crippen molar-refractivity contribution in [3.8, 4) is 0 Å². The lowest BCUT2D eigenvalue weighted by atomic mass is 10.1. The van der Waals surface area contributed by atoms with Gasteiger partial charge in [0.1, 0.15) is 5.37 Å². The lowest BCUT2D eigenvalue weighted by Crippen LogP contribution is -2.81. The smallest absolute Gasteiger partial charge is 0.236 e. The van der Waals surface area contributed by atoms with Crippen LogP contribution >= 0.6 is 11.8 Å². The van der Waals surface area contributed by atoms with E-state index in [-0.39, 0.29) is 16.5 Å². The first-order chi connectivity index (χ1) is 8.63. The molecular weight excluding hydrogens is 244 g/mol. The third-order valence-electron chi connectivity index (χ3n) is 3.27.